The maximum absolute atomic E-state index is 12.6. The first-order chi connectivity index (χ1) is 10.2. The van der Waals surface area contributed by atoms with E-state index >= 15 is 0 Å². The molecule has 5 nitrogen and oxygen atoms in total. The number of benzene rings is 1. The molecule has 0 N–H and O–H groups in total. The molecule has 0 spiro atoms. The van der Waals surface area contributed by atoms with Crippen LogP contribution in [0.25, 0.3) is 0 Å². The largest absolute Gasteiger partial charge is 0.475 e. The number of hydrogen-bond donors (Lipinski definition) is 0. The normalized spacial score (nSPS) is 16.8. The van der Waals surface area contributed by atoms with Crippen LogP contribution in [0, 0.1) is 0 Å². The van der Waals surface area contributed by atoms with E-state index in [1.165, 1.54) is 18.4 Å². The summed E-state index contributed by atoms with van der Waals surface area (Å²) in [5.74, 6) is -0.132. The van der Waals surface area contributed by atoms with Gasteiger partial charge in [-0.1, -0.05) is 18.2 Å². The van der Waals surface area contributed by atoms with Crippen LogP contribution in [-0.2, 0) is 9.53 Å². The number of carbonyl (C=O) groups excluding carboxylic acids is 2. The van der Waals surface area contributed by atoms with E-state index in [0.717, 1.165) is 0 Å². The summed E-state index contributed by atoms with van der Waals surface area (Å²) < 4.78 is 10.3. The number of methoxy groups -OCH3 is 1. The fourth-order valence-electron chi connectivity index (χ4n) is 2.21. The Hall–Kier alpha value is -2.34. The zero-order valence-electron chi connectivity index (χ0n) is 11.3. The molecule has 0 saturated heterocycles. The van der Waals surface area contributed by atoms with Crippen molar-refractivity contribution in [1.29, 1.82) is 0 Å². The Morgan fingerprint density at radius 2 is 2.10 bits per heavy atom. The van der Waals surface area contributed by atoms with Gasteiger partial charge in [-0.25, -0.2) is 4.79 Å². The van der Waals surface area contributed by atoms with Crippen LogP contribution >= 0.6 is 11.3 Å². The van der Waals surface area contributed by atoms with E-state index in [-0.39, 0.29) is 12.5 Å². The van der Waals surface area contributed by atoms with Crippen LogP contribution < -0.4 is 9.64 Å². The molecular weight excluding hydrogens is 290 g/mol. The zero-order valence-corrected chi connectivity index (χ0v) is 12.1. The second-order valence-corrected chi connectivity index (χ2v) is 5.44. The van der Waals surface area contributed by atoms with Gasteiger partial charge < -0.3 is 9.47 Å². The van der Waals surface area contributed by atoms with E-state index < -0.39 is 12.1 Å². The summed E-state index contributed by atoms with van der Waals surface area (Å²) in [4.78, 5) is 26.5. The van der Waals surface area contributed by atoms with Crippen molar-refractivity contribution in [3.05, 3.63) is 46.7 Å². The molecule has 0 fully saturated rings. The lowest BCUT2D eigenvalue weighted by Gasteiger charge is -2.33. The number of fused-ring (bicyclic) bond motifs is 1. The molecule has 1 aromatic heterocycles. The van der Waals surface area contributed by atoms with Crippen LogP contribution in [0.15, 0.2) is 41.8 Å². The minimum Gasteiger partial charge on any atom is -0.475 e. The summed E-state index contributed by atoms with van der Waals surface area (Å²) >= 11 is 1.37. The van der Waals surface area contributed by atoms with Crippen LogP contribution in [0.2, 0.25) is 0 Å². The van der Waals surface area contributed by atoms with Crippen LogP contribution in [0.1, 0.15) is 9.67 Å². The lowest BCUT2D eigenvalue weighted by Crippen LogP contribution is -2.47. The minimum atomic E-state index is -0.811. The number of para-hydroxylation sites is 2. The van der Waals surface area contributed by atoms with Gasteiger partial charge in [-0.2, -0.15) is 0 Å². The molecule has 3 rings (SSSR count). The first-order valence-electron chi connectivity index (χ1n) is 6.39. The molecule has 1 amide bonds. The second-order valence-electron chi connectivity index (χ2n) is 4.49. The van der Waals surface area contributed by atoms with E-state index in [1.807, 2.05) is 17.5 Å². The molecule has 6 heteroatoms. The quantitative estimate of drug-likeness (QED) is 0.799. The Balaban J connectivity index is 1.98. The highest BCUT2D eigenvalue weighted by Gasteiger charge is 2.34. The number of thiophene rings is 1. The Labute approximate surface area is 125 Å². The van der Waals surface area contributed by atoms with Gasteiger partial charge in [0.05, 0.1) is 24.2 Å². The van der Waals surface area contributed by atoms with Crippen LogP contribution in [0.5, 0.6) is 5.75 Å². The van der Waals surface area contributed by atoms with Crippen molar-refractivity contribution < 1.29 is 19.1 Å². The molecule has 0 bridgehead atoms. The Morgan fingerprint density at radius 3 is 2.81 bits per heavy atom. The topological polar surface area (TPSA) is 55.8 Å². The van der Waals surface area contributed by atoms with Gasteiger partial charge in [-0.3, -0.25) is 9.69 Å². The number of carbonyl (C=O) groups is 2. The average Bonchev–Trinajstić information content (AvgIpc) is 3.06. The van der Waals surface area contributed by atoms with Crippen molar-refractivity contribution in [1.82, 2.24) is 0 Å². The van der Waals surface area contributed by atoms with E-state index in [1.54, 1.807) is 29.2 Å². The molecule has 0 radical (unpaired) electrons. The zero-order chi connectivity index (χ0) is 14.8. The summed E-state index contributed by atoms with van der Waals surface area (Å²) in [6.45, 7) is 0.139. The summed E-state index contributed by atoms with van der Waals surface area (Å²) in [6.07, 6.45) is -0.811. The van der Waals surface area contributed by atoms with Crippen molar-refractivity contribution in [2.45, 2.75) is 6.10 Å². The van der Waals surface area contributed by atoms with Gasteiger partial charge in [0.15, 0.2) is 0 Å². The summed E-state index contributed by atoms with van der Waals surface area (Å²) in [6, 6.07) is 10.7. The third kappa shape index (κ3) is 2.50. The summed E-state index contributed by atoms with van der Waals surface area (Å²) in [5, 5.41) is 1.84. The fourth-order valence-corrected chi connectivity index (χ4v) is 2.89. The molecule has 2 aromatic rings. The average molecular weight is 303 g/mol. The van der Waals surface area contributed by atoms with Crippen LogP contribution in [0.3, 0.4) is 0 Å². The molecule has 1 unspecified atom stereocenters. The van der Waals surface area contributed by atoms with E-state index in [9.17, 15) is 9.59 Å². The number of nitrogens with zero attached hydrogens (tertiary/aromatic N) is 1. The fraction of sp³-hybridized carbons (Fsp3) is 0.200. The number of amides is 1. The highest BCUT2D eigenvalue weighted by Crippen LogP contribution is 2.34. The highest BCUT2D eigenvalue weighted by molar-refractivity contribution is 7.12. The SMILES string of the molecule is COC(=O)C1CN(C(=O)c2cccs2)c2ccccc2O1. The molecule has 1 atom stereocenters. The predicted octanol–water partition coefficient (Wildman–Crippen LogP) is 2.33. The second kappa shape index (κ2) is 5.57. The van der Waals surface area contributed by atoms with Gasteiger partial charge in [-0.15, -0.1) is 11.3 Å². The molecule has 0 aliphatic carbocycles. The smallest absolute Gasteiger partial charge is 0.348 e. The minimum absolute atomic E-state index is 0.139. The Bertz CT molecular complexity index is 668. The lowest BCUT2D eigenvalue weighted by molar-refractivity contribution is -0.148. The molecule has 2 heterocycles. The monoisotopic (exact) mass is 303 g/mol. The number of rotatable bonds is 2. The standard InChI is InChI=1S/C15H13NO4S/c1-19-15(18)12-9-16(14(17)13-7-4-8-21-13)10-5-2-3-6-11(10)20-12/h2-8,12H,9H2,1H3. The highest BCUT2D eigenvalue weighted by atomic mass is 32.1. The molecule has 21 heavy (non-hydrogen) atoms. The van der Waals surface area contributed by atoms with E-state index in [4.69, 9.17) is 9.47 Å². The predicted molar refractivity (Wildman–Crippen MR) is 78.9 cm³/mol. The van der Waals surface area contributed by atoms with Gasteiger partial charge >= 0.3 is 5.97 Å². The van der Waals surface area contributed by atoms with Gasteiger partial charge in [0.2, 0.25) is 6.10 Å². The van der Waals surface area contributed by atoms with Crippen LogP contribution in [-0.4, -0.2) is 31.6 Å². The van der Waals surface area contributed by atoms with Gasteiger partial charge in [0, 0.05) is 0 Å². The summed E-state index contributed by atoms with van der Waals surface area (Å²) in [5.41, 5.74) is 0.663. The molecular formula is C15H13NO4S. The number of ether oxygens (including phenoxy) is 2. The van der Waals surface area contributed by atoms with Gasteiger partial charge in [0.25, 0.3) is 5.91 Å². The maximum atomic E-state index is 12.6. The van der Waals surface area contributed by atoms with Crippen molar-refractivity contribution in [3.63, 3.8) is 0 Å². The van der Waals surface area contributed by atoms with Crippen LogP contribution in [0.4, 0.5) is 5.69 Å². The molecule has 1 aromatic carbocycles. The van der Waals surface area contributed by atoms with Crippen molar-refractivity contribution in [2.75, 3.05) is 18.6 Å². The molecule has 1 aliphatic rings. The Kier molecular flexibility index (Phi) is 3.62. The first kappa shape index (κ1) is 13.6. The van der Waals surface area contributed by atoms with Gasteiger partial charge in [0.1, 0.15) is 5.75 Å². The Morgan fingerprint density at radius 1 is 1.29 bits per heavy atom. The third-order valence-corrected chi connectivity index (χ3v) is 4.07. The third-order valence-electron chi connectivity index (χ3n) is 3.21. The van der Waals surface area contributed by atoms with Gasteiger partial charge in [-0.05, 0) is 23.6 Å². The number of anilines is 1. The van der Waals surface area contributed by atoms with Crippen molar-refractivity contribution in [2.24, 2.45) is 0 Å². The van der Waals surface area contributed by atoms with Crippen molar-refractivity contribution >= 4 is 28.9 Å². The number of hydrogen-bond acceptors (Lipinski definition) is 5. The number of esters is 1. The van der Waals surface area contributed by atoms with E-state index in [2.05, 4.69) is 0 Å². The molecule has 108 valence electrons. The molecule has 0 saturated carbocycles. The first-order valence-corrected chi connectivity index (χ1v) is 7.27. The lowest BCUT2D eigenvalue weighted by atomic mass is 10.1. The van der Waals surface area contributed by atoms with Crippen molar-refractivity contribution in [3.8, 4) is 5.75 Å². The summed E-state index contributed by atoms with van der Waals surface area (Å²) in [7, 11) is 1.30. The maximum Gasteiger partial charge on any atom is 0.348 e. The molecule has 1 aliphatic heterocycles. The van der Waals surface area contributed by atoms with E-state index in [0.29, 0.717) is 16.3 Å².